The smallest absolute Gasteiger partial charge is 0.276 e. The van der Waals surface area contributed by atoms with Crippen molar-refractivity contribution in [1.29, 1.82) is 0 Å². The number of anilines is 1. The minimum Gasteiger partial charge on any atom is -0.392 e. The van der Waals surface area contributed by atoms with Crippen molar-refractivity contribution in [3.05, 3.63) is 77.7 Å². The van der Waals surface area contributed by atoms with Gasteiger partial charge in [-0.05, 0) is 24.6 Å². The van der Waals surface area contributed by atoms with E-state index < -0.39 is 0 Å². The number of benzene rings is 2. The molecule has 0 aliphatic carbocycles. The average molecular weight is 325 g/mol. The van der Waals surface area contributed by atoms with Crippen molar-refractivity contribution in [2.45, 2.75) is 13.5 Å². The SMILES string of the molecule is Cc1ncc(-c2ccc(CO)cc2)nc1C(=O)Nc1ccccc1.[HH].[HH].[HH]. The van der Waals surface area contributed by atoms with Crippen LogP contribution in [0.4, 0.5) is 5.69 Å². The van der Waals surface area contributed by atoms with Crippen LogP contribution in [-0.2, 0) is 6.61 Å². The number of aryl methyl sites for hydroxylation is 1. The molecule has 0 fully saturated rings. The van der Waals surface area contributed by atoms with Crippen molar-refractivity contribution in [1.82, 2.24) is 9.97 Å². The van der Waals surface area contributed by atoms with Gasteiger partial charge < -0.3 is 10.4 Å². The second-order valence-electron chi connectivity index (χ2n) is 5.36. The number of carbonyl (C=O) groups is 1. The monoisotopic (exact) mass is 325 g/mol. The van der Waals surface area contributed by atoms with Crippen molar-refractivity contribution in [3.63, 3.8) is 0 Å². The van der Waals surface area contributed by atoms with Gasteiger partial charge in [0, 0.05) is 15.5 Å². The zero-order valence-corrected chi connectivity index (χ0v) is 13.2. The van der Waals surface area contributed by atoms with Gasteiger partial charge in [0.15, 0.2) is 0 Å². The molecule has 5 nitrogen and oxygen atoms in total. The van der Waals surface area contributed by atoms with Gasteiger partial charge in [0.25, 0.3) is 5.91 Å². The Bertz CT molecular complexity index is 860. The molecule has 126 valence electrons. The summed E-state index contributed by atoms with van der Waals surface area (Å²) in [5, 5.41) is 11.9. The molecule has 1 heterocycles. The molecule has 3 rings (SSSR count). The van der Waals surface area contributed by atoms with Gasteiger partial charge >= 0.3 is 0 Å². The summed E-state index contributed by atoms with van der Waals surface area (Å²) >= 11 is 0. The Labute approximate surface area is 144 Å². The Kier molecular flexibility index (Phi) is 4.63. The largest absolute Gasteiger partial charge is 0.392 e. The molecule has 0 unspecified atom stereocenters. The second-order valence-corrected chi connectivity index (χ2v) is 5.36. The molecule has 0 atom stereocenters. The maximum absolute atomic E-state index is 12.5. The van der Waals surface area contributed by atoms with Gasteiger partial charge in [0.1, 0.15) is 5.69 Å². The Morgan fingerprint density at radius 3 is 2.50 bits per heavy atom. The quantitative estimate of drug-likeness (QED) is 0.762. The third-order valence-corrected chi connectivity index (χ3v) is 3.63. The molecular formula is C19H23N3O2. The fourth-order valence-corrected chi connectivity index (χ4v) is 2.30. The number of rotatable bonds is 4. The van der Waals surface area contributed by atoms with E-state index in [-0.39, 0.29) is 16.8 Å². The summed E-state index contributed by atoms with van der Waals surface area (Å²) in [6.45, 7) is 1.75. The number of para-hydroxylation sites is 1. The first-order chi connectivity index (χ1) is 11.7. The van der Waals surface area contributed by atoms with E-state index in [2.05, 4.69) is 15.3 Å². The van der Waals surface area contributed by atoms with E-state index in [1.165, 1.54) is 0 Å². The maximum Gasteiger partial charge on any atom is 0.276 e. The molecule has 0 spiro atoms. The van der Waals surface area contributed by atoms with Crippen LogP contribution in [0.3, 0.4) is 0 Å². The molecule has 0 aliphatic heterocycles. The van der Waals surface area contributed by atoms with E-state index in [1.54, 1.807) is 13.1 Å². The number of amides is 1. The first kappa shape index (κ1) is 15.8. The van der Waals surface area contributed by atoms with Crippen LogP contribution in [0.15, 0.2) is 60.8 Å². The van der Waals surface area contributed by atoms with Gasteiger partial charge in [0.2, 0.25) is 0 Å². The van der Waals surface area contributed by atoms with Crippen LogP contribution in [0.25, 0.3) is 11.3 Å². The molecule has 0 saturated carbocycles. The molecule has 0 saturated heterocycles. The lowest BCUT2D eigenvalue weighted by atomic mass is 10.1. The molecule has 2 aromatic carbocycles. The Morgan fingerprint density at radius 2 is 1.83 bits per heavy atom. The molecule has 2 N–H and O–H groups in total. The lowest BCUT2D eigenvalue weighted by Gasteiger charge is -2.09. The molecule has 5 heteroatoms. The van der Waals surface area contributed by atoms with Crippen LogP contribution in [-0.4, -0.2) is 21.0 Å². The Morgan fingerprint density at radius 1 is 1.12 bits per heavy atom. The Balaban J connectivity index is 0.00000225. The summed E-state index contributed by atoms with van der Waals surface area (Å²) in [4.78, 5) is 21.2. The summed E-state index contributed by atoms with van der Waals surface area (Å²) in [5.41, 5.74) is 3.85. The Hall–Kier alpha value is -3.05. The van der Waals surface area contributed by atoms with Gasteiger partial charge in [-0.3, -0.25) is 9.78 Å². The van der Waals surface area contributed by atoms with Crippen LogP contribution in [0.1, 0.15) is 26.0 Å². The molecule has 1 amide bonds. The van der Waals surface area contributed by atoms with Gasteiger partial charge in [0.05, 0.1) is 24.2 Å². The minimum atomic E-state index is -0.292. The van der Waals surface area contributed by atoms with Crippen molar-refractivity contribution < 1.29 is 14.2 Å². The van der Waals surface area contributed by atoms with Crippen LogP contribution >= 0.6 is 0 Å². The molecular weight excluding hydrogens is 302 g/mol. The van der Waals surface area contributed by atoms with Crippen LogP contribution in [0, 0.1) is 6.92 Å². The van der Waals surface area contributed by atoms with E-state index in [4.69, 9.17) is 5.11 Å². The average Bonchev–Trinajstić information content (AvgIpc) is 2.63. The number of carbonyl (C=O) groups excluding carboxylic acids is 1. The normalized spacial score (nSPS) is 10.4. The summed E-state index contributed by atoms with van der Waals surface area (Å²) in [6, 6.07) is 16.6. The van der Waals surface area contributed by atoms with Crippen LogP contribution < -0.4 is 5.32 Å². The number of aromatic nitrogens is 2. The summed E-state index contributed by atoms with van der Waals surface area (Å²) in [7, 11) is 0. The minimum absolute atomic E-state index is 0. The third-order valence-electron chi connectivity index (χ3n) is 3.63. The van der Waals surface area contributed by atoms with Crippen molar-refractivity contribution in [3.8, 4) is 11.3 Å². The van der Waals surface area contributed by atoms with Gasteiger partial charge in [-0.2, -0.15) is 0 Å². The zero-order valence-electron chi connectivity index (χ0n) is 13.2. The zero-order chi connectivity index (χ0) is 16.9. The summed E-state index contributed by atoms with van der Waals surface area (Å²) < 4.78 is 0. The highest BCUT2D eigenvalue weighted by Crippen LogP contribution is 2.19. The number of aliphatic hydroxyl groups excluding tert-OH is 1. The van der Waals surface area contributed by atoms with E-state index in [0.29, 0.717) is 22.8 Å². The lowest BCUT2D eigenvalue weighted by molar-refractivity contribution is 0.102. The highest BCUT2D eigenvalue weighted by molar-refractivity contribution is 6.03. The standard InChI is InChI=1S/C19H17N3O2.3H2/c1-13-18(19(24)21-16-5-3-2-4-6-16)22-17(11-20-13)15-9-7-14(12-23)8-10-15;;;/h2-11,23H,12H2,1H3,(H,21,24);3*1H. The fraction of sp³-hybridized carbons (Fsp3) is 0.105. The predicted octanol–water partition coefficient (Wildman–Crippen LogP) is 3.93. The highest BCUT2D eigenvalue weighted by Gasteiger charge is 2.14. The van der Waals surface area contributed by atoms with E-state index in [1.807, 2.05) is 54.6 Å². The molecule has 3 aromatic rings. The topological polar surface area (TPSA) is 75.1 Å². The maximum atomic E-state index is 12.5. The number of hydrogen-bond donors (Lipinski definition) is 2. The molecule has 0 radical (unpaired) electrons. The number of hydrogen-bond acceptors (Lipinski definition) is 4. The van der Waals surface area contributed by atoms with E-state index in [0.717, 1.165) is 11.1 Å². The molecule has 24 heavy (non-hydrogen) atoms. The highest BCUT2D eigenvalue weighted by atomic mass is 16.3. The second kappa shape index (κ2) is 7.02. The van der Waals surface area contributed by atoms with Gasteiger partial charge in [-0.1, -0.05) is 42.5 Å². The van der Waals surface area contributed by atoms with E-state index in [9.17, 15) is 4.79 Å². The van der Waals surface area contributed by atoms with Crippen LogP contribution in [0.5, 0.6) is 0 Å². The van der Waals surface area contributed by atoms with Crippen LogP contribution in [0.2, 0.25) is 0 Å². The van der Waals surface area contributed by atoms with E-state index >= 15 is 0 Å². The third kappa shape index (κ3) is 3.47. The molecule has 0 aliphatic rings. The molecule has 1 aromatic heterocycles. The van der Waals surface area contributed by atoms with Crippen molar-refractivity contribution >= 4 is 11.6 Å². The number of nitrogens with zero attached hydrogens (tertiary/aromatic N) is 2. The van der Waals surface area contributed by atoms with Gasteiger partial charge in [-0.25, -0.2) is 4.98 Å². The van der Waals surface area contributed by atoms with Crippen molar-refractivity contribution in [2.24, 2.45) is 0 Å². The first-order valence-corrected chi connectivity index (χ1v) is 7.57. The van der Waals surface area contributed by atoms with Gasteiger partial charge in [-0.15, -0.1) is 0 Å². The fourth-order valence-electron chi connectivity index (χ4n) is 2.30. The lowest BCUT2D eigenvalue weighted by Crippen LogP contribution is -2.16. The predicted molar refractivity (Wildman–Crippen MR) is 98.9 cm³/mol. The molecule has 0 bridgehead atoms. The summed E-state index contributed by atoms with van der Waals surface area (Å²) in [6.07, 6.45) is 1.64. The first-order valence-electron chi connectivity index (χ1n) is 7.57. The number of nitrogens with one attached hydrogen (secondary N) is 1. The van der Waals surface area contributed by atoms with Crippen molar-refractivity contribution in [2.75, 3.05) is 5.32 Å². The summed E-state index contributed by atoms with van der Waals surface area (Å²) in [5.74, 6) is -0.292. The number of aliphatic hydroxyl groups is 1.